The Morgan fingerprint density at radius 2 is 1.55 bits per heavy atom. The van der Waals surface area contributed by atoms with Crippen LogP contribution in [-0.4, -0.2) is 29.5 Å². The number of benzene rings is 3. The Hall–Kier alpha value is -4.27. The van der Waals surface area contributed by atoms with Gasteiger partial charge < -0.3 is 15.3 Å². The predicted molar refractivity (Wildman–Crippen MR) is 110 cm³/mol. The molecule has 7 nitrogen and oxygen atoms in total. The molecular formula is C22H17F2N3O4. The Morgan fingerprint density at radius 3 is 2.16 bits per heavy atom. The van der Waals surface area contributed by atoms with Crippen molar-refractivity contribution in [1.29, 1.82) is 0 Å². The van der Waals surface area contributed by atoms with Crippen molar-refractivity contribution in [2.24, 2.45) is 5.16 Å². The van der Waals surface area contributed by atoms with Crippen LogP contribution in [0.4, 0.5) is 19.3 Å². The van der Waals surface area contributed by atoms with Crippen molar-refractivity contribution >= 4 is 23.3 Å². The van der Waals surface area contributed by atoms with Gasteiger partial charge in [-0.25, -0.2) is 13.6 Å². The van der Waals surface area contributed by atoms with Crippen LogP contribution in [0.1, 0.15) is 15.9 Å². The zero-order chi connectivity index (χ0) is 22.2. The lowest BCUT2D eigenvalue weighted by atomic mass is 10.1. The van der Waals surface area contributed by atoms with Gasteiger partial charge in [-0.2, -0.15) is 0 Å². The fraction of sp³-hybridized carbons (Fsp3) is 0.0455. The quantitative estimate of drug-likeness (QED) is 0.313. The largest absolute Gasteiger partial charge is 0.487 e. The lowest BCUT2D eigenvalue weighted by molar-refractivity contribution is 0.0959. The van der Waals surface area contributed by atoms with E-state index in [1.54, 1.807) is 36.4 Å². The molecule has 0 saturated carbocycles. The van der Waals surface area contributed by atoms with E-state index in [2.05, 4.69) is 10.5 Å². The first-order valence-electron chi connectivity index (χ1n) is 9.03. The molecule has 9 heteroatoms. The van der Waals surface area contributed by atoms with Crippen molar-refractivity contribution in [2.45, 2.75) is 0 Å². The number of carbonyl (C=O) groups is 2. The highest BCUT2D eigenvalue weighted by Crippen LogP contribution is 2.17. The lowest BCUT2D eigenvalue weighted by Gasteiger charge is -2.10. The van der Waals surface area contributed by atoms with Gasteiger partial charge in [0.15, 0.2) is 0 Å². The fourth-order valence-electron chi connectivity index (χ4n) is 2.63. The second-order valence-corrected chi connectivity index (χ2v) is 6.23. The van der Waals surface area contributed by atoms with Crippen molar-refractivity contribution < 1.29 is 28.3 Å². The maximum absolute atomic E-state index is 13.6. The Bertz CT molecular complexity index is 1080. The number of amides is 3. The number of imide groups is 1. The maximum atomic E-state index is 13.6. The molecule has 0 heterocycles. The van der Waals surface area contributed by atoms with Gasteiger partial charge in [-0.05, 0) is 36.4 Å². The summed E-state index contributed by atoms with van der Waals surface area (Å²) in [6.45, 7) is 0.0104. The van der Waals surface area contributed by atoms with Crippen molar-refractivity contribution in [1.82, 2.24) is 5.32 Å². The lowest BCUT2D eigenvalue weighted by Crippen LogP contribution is -2.35. The number of halogens is 2. The number of hydrogen-bond acceptors (Lipinski definition) is 5. The van der Waals surface area contributed by atoms with E-state index >= 15 is 0 Å². The minimum Gasteiger partial charge on any atom is -0.487 e. The van der Waals surface area contributed by atoms with Gasteiger partial charge in [0, 0.05) is 11.3 Å². The zero-order valence-corrected chi connectivity index (χ0v) is 16.0. The monoisotopic (exact) mass is 425 g/mol. The summed E-state index contributed by atoms with van der Waals surface area (Å²) in [5, 5.41) is 16.6. The zero-order valence-electron chi connectivity index (χ0n) is 16.0. The van der Waals surface area contributed by atoms with Crippen molar-refractivity contribution in [2.75, 3.05) is 11.9 Å². The highest BCUT2D eigenvalue weighted by Gasteiger charge is 2.19. The summed E-state index contributed by atoms with van der Waals surface area (Å²) in [7, 11) is 0. The van der Waals surface area contributed by atoms with E-state index in [4.69, 9.17) is 9.94 Å². The Morgan fingerprint density at radius 1 is 0.903 bits per heavy atom. The van der Waals surface area contributed by atoms with Gasteiger partial charge in [-0.1, -0.05) is 41.6 Å². The van der Waals surface area contributed by atoms with Crippen molar-refractivity contribution in [3.8, 4) is 5.75 Å². The summed E-state index contributed by atoms with van der Waals surface area (Å²) in [5.41, 5.74) is 0.504. The number of rotatable bonds is 6. The molecule has 158 valence electrons. The number of anilines is 1. The van der Waals surface area contributed by atoms with Crippen molar-refractivity contribution in [3.05, 3.63) is 95.6 Å². The number of nitrogens with zero attached hydrogens (tertiary/aromatic N) is 1. The topological polar surface area (TPSA) is 100 Å². The molecule has 3 aromatic rings. The van der Waals surface area contributed by atoms with E-state index < -0.39 is 29.1 Å². The number of hydrogen-bond donors (Lipinski definition) is 3. The Kier molecular flexibility index (Phi) is 6.89. The normalized spacial score (nSPS) is 11.0. The number of ether oxygens (including phenoxy) is 1. The number of carbonyl (C=O) groups excluding carboxylic acids is 2. The average molecular weight is 425 g/mol. The van der Waals surface area contributed by atoms with Gasteiger partial charge in [0.2, 0.25) is 0 Å². The molecule has 0 atom stereocenters. The number of nitrogens with one attached hydrogen (secondary N) is 2. The number of oxime groups is 1. The van der Waals surface area contributed by atoms with Gasteiger partial charge in [0.1, 0.15) is 35.3 Å². The molecular weight excluding hydrogens is 408 g/mol. The molecule has 0 aromatic heterocycles. The minimum atomic E-state index is -1.20. The van der Waals surface area contributed by atoms with Gasteiger partial charge in [0.25, 0.3) is 5.91 Å². The van der Waals surface area contributed by atoms with Gasteiger partial charge in [-0.3, -0.25) is 10.1 Å². The third-order valence-corrected chi connectivity index (χ3v) is 4.13. The Labute approximate surface area is 176 Å². The molecule has 0 unspecified atom stereocenters. The summed E-state index contributed by atoms with van der Waals surface area (Å²) in [4.78, 5) is 23.9. The summed E-state index contributed by atoms with van der Waals surface area (Å²) >= 11 is 0. The molecule has 0 aliphatic rings. The third-order valence-electron chi connectivity index (χ3n) is 4.13. The molecule has 3 amide bonds. The molecule has 0 radical (unpaired) electrons. The van der Waals surface area contributed by atoms with Crippen molar-refractivity contribution in [3.63, 3.8) is 0 Å². The van der Waals surface area contributed by atoms with E-state index in [1.165, 1.54) is 12.1 Å². The van der Waals surface area contributed by atoms with Crippen LogP contribution < -0.4 is 15.4 Å². The number of urea groups is 1. The van der Waals surface area contributed by atoms with Gasteiger partial charge >= 0.3 is 6.03 Å². The molecule has 31 heavy (non-hydrogen) atoms. The minimum absolute atomic E-state index is 0.0104. The second kappa shape index (κ2) is 9.97. The van der Waals surface area contributed by atoms with Crippen LogP contribution in [0.2, 0.25) is 0 Å². The van der Waals surface area contributed by atoms with Gasteiger partial charge in [-0.15, -0.1) is 0 Å². The molecule has 3 aromatic carbocycles. The SMILES string of the molecule is O=C(NC(=O)c1c(F)cccc1F)Nc1ccc(OC/C(=N\O)c2ccccc2)cc1. The first kappa shape index (κ1) is 21.4. The molecule has 0 aliphatic carbocycles. The van der Waals surface area contributed by atoms with Crippen LogP contribution in [0.3, 0.4) is 0 Å². The van der Waals surface area contributed by atoms with E-state index in [-0.39, 0.29) is 6.61 Å². The fourth-order valence-corrected chi connectivity index (χ4v) is 2.63. The standard InChI is InChI=1S/C22H17F2N3O4/c23-17-7-4-8-18(24)20(17)21(28)26-22(29)25-15-9-11-16(12-10-15)31-13-19(27-30)14-5-2-1-3-6-14/h1-12,30H,13H2,(H2,25,26,28,29)/b27-19+. The summed E-state index contributed by atoms with van der Waals surface area (Å²) in [6.07, 6.45) is 0. The molecule has 0 bridgehead atoms. The van der Waals surface area contributed by atoms with Crippen LogP contribution in [0, 0.1) is 11.6 Å². The van der Waals surface area contributed by atoms with E-state index in [0.717, 1.165) is 18.2 Å². The highest BCUT2D eigenvalue weighted by molar-refractivity contribution is 6.08. The van der Waals surface area contributed by atoms with E-state index in [1.807, 2.05) is 11.4 Å². The summed E-state index contributed by atoms with van der Waals surface area (Å²) in [5.74, 6) is -2.92. The van der Waals surface area contributed by atoms with Crippen LogP contribution in [0.25, 0.3) is 0 Å². The van der Waals surface area contributed by atoms with Crippen LogP contribution in [0.5, 0.6) is 5.75 Å². The van der Waals surface area contributed by atoms with Crippen LogP contribution in [-0.2, 0) is 0 Å². The Balaban J connectivity index is 1.55. The molecule has 0 fully saturated rings. The molecule has 0 spiro atoms. The molecule has 0 saturated heterocycles. The highest BCUT2D eigenvalue weighted by atomic mass is 19.1. The van der Waals surface area contributed by atoms with Crippen LogP contribution >= 0.6 is 0 Å². The summed E-state index contributed by atoms with van der Waals surface area (Å²) in [6, 6.07) is 17.1. The predicted octanol–water partition coefficient (Wildman–Crippen LogP) is 4.18. The first-order valence-corrected chi connectivity index (χ1v) is 9.03. The second-order valence-electron chi connectivity index (χ2n) is 6.23. The first-order chi connectivity index (χ1) is 15.0. The smallest absolute Gasteiger partial charge is 0.326 e. The van der Waals surface area contributed by atoms with Crippen LogP contribution in [0.15, 0.2) is 78.0 Å². The molecule has 3 rings (SSSR count). The van der Waals surface area contributed by atoms with Gasteiger partial charge in [0.05, 0.1) is 0 Å². The third kappa shape index (κ3) is 5.63. The molecule has 3 N–H and O–H groups in total. The summed E-state index contributed by atoms with van der Waals surface area (Å²) < 4.78 is 32.8. The van der Waals surface area contributed by atoms with E-state index in [9.17, 15) is 18.4 Å². The average Bonchev–Trinajstić information content (AvgIpc) is 2.76. The van der Waals surface area contributed by atoms with E-state index in [0.29, 0.717) is 22.7 Å². The maximum Gasteiger partial charge on any atom is 0.326 e. The molecule has 0 aliphatic heterocycles.